The minimum Gasteiger partial charge on any atom is -0.496 e. The summed E-state index contributed by atoms with van der Waals surface area (Å²) in [6.45, 7) is 0. The van der Waals surface area contributed by atoms with Crippen LogP contribution in [-0.4, -0.2) is 40.1 Å². The summed E-state index contributed by atoms with van der Waals surface area (Å²) in [5.41, 5.74) is 2.84. The summed E-state index contributed by atoms with van der Waals surface area (Å²) in [6.07, 6.45) is 1.44. The van der Waals surface area contributed by atoms with Crippen molar-refractivity contribution in [2.24, 2.45) is 5.16 Å². The number of hydrogen-bond donors (Lipinski definition) is 0. The molecule has 1 aliphatic carbocycles. The summed E-state index contributed by atoms with van der Waals surface area (Å²) in [5, 5.41) is 4.10. The third kappa shape index (κ3) is 3.64. The van der Waals surface area contributed by atoms with E-state index < -0.39 is 5.97 Å². The van der Waals surface area contributed by atoms with Gasteiger partial charge in [0.15, 0.2) is 11.5 Å². The molecule has 28 heavy (non-hydrogen) atoms. The first-order valence-corrected chi connectivity index (χ1v) is 9.27. The summed E-state index contributed by atoms with van der Waals surface area (Å²) < 4.78 is 22.2. The minimum absolute atomic E-state index is 0.235. The monoisotopic (exact) mass is 449 g/mol. The minimum atomic E-state index is -0.630. The fourth-order valence-corrected chi connectivity index (χ4v) is 3.67. The number of nitrogens with zero attached hydrogens (tertiary/aromatic N) is 1. The highest BCUT2D eigenvalue weighted by Crippen LogP contribution is 2.39. The highest BCUT2D eigenvalue weighted by atomic mass is 79.9. The van der Waals surface area contributed by atoms with E-state index in [1.165, 1.54) is 33.5 Å². The summed E-state index contributed by atoms with van der Waals surface area (Å²) >= 11 is 3.54. The maximum absolute atomic E-state index is 12.5. The number of ether oxygens (including phenoxy) is 4. The smallest absolute Gasteiger partial charge is 0.366 e. The Hall–Kier alpha value is -2.74. The van der Waals surface area contributed by atoms with Crippen LogP contribution in [0.2, 0.25) is 0 Å². The van der Waals surface area contributed by atoms with Crippen molar-refractivity contribution in [1.82, 2.24) is 0 Å². The van der Waals surface area contributed by atoms with Crippen molar-refractivity contribution in [3.05, 3.63) is 45.4 Å². The van der Waals surface area contributed by atoms with Gasteiger partial charge in [-0.05, 0) is 42.7 Å². The number of benzene rings is 2. The molecule has 8 heteroatoms. The van der Waals surface area contributed by atoms with Crippen molar-refractivity contribution in [1.29, 1.82) is 0 Å². The molecule has 0 spiro atoms. The Morgan fingerprint density at radius 2 is 1.57 bits per heavy atom. The Labute approximate surface area is 171 Å². The van der Waals surface area contributed by atoms with E-state index in [1.807, 2.05) is 12.1 Å². The highest BCUT2D eigenvalue weighted by molar-refractivity contribution is 9.10. The topological polar surface area (TPSA) is 75.6 Å². The van der Waals surface area contributed by atoms with Crippen LogP contribution in [0.15, 0.2) is 33.9 Å². The van der Waals surface area contributed by atoms with Gasteiger partial charge in [0.1, 0.15) is 5.75 Å². The first-order valence-electron chi connectivity index (χ1n) is 8.48. The summed E-state index contributed by atoms with van der Waals surface area (Å²) in [5.74, 6) is 1.18. The molecule has 0 aliphatic heterocycles. The molecule has 0 saturated heterocycles. The average molecular weight is 450 g/mol. The van der Waals surface area contributed by atoms with Crippen LogP contribution in [0.3, 0.4) is 0 Å². The van der Waals surface area contributed by atoms with Crippen molar-refractivity contribution >= 4 is 27.6 Å². The normalized spacial score (nSPS) is 13.8. The lowest BCUT2D eigenvalue weighted by atomic mass is 10.1. The lowest BCUT2D eigenvalue weighted by molar-refractivity contribution is 0.0515. The first kappa shape index (κ1) is 20.0. The zero-order valence-electron chi connectivity index (χ0n) is 16.0. The van der Waals surface area contributed by atoms with Gasteiger partial charge < -0.3 is 23.8 Å². The molecule has 0 atom stereocenters. The third-order valence-electron chi connectivity index (χ3n) is 4.48. The fraction of sp³-hybridized carbons (Fsp3) is 0.300. The Balaban J connectivity index is 1.90. The first-order chi connectivity index (χ1) is 13.5. The van der Waals surface area contributed by atoms with Gasteiger partial charge in [-0.25, -0.2) is 4.79 Å². The van der Waals surface area contributed by atoms with Gasteiger partial charge in [0.05, 0.1) is 39.7 Å². The molecule has 148 valence electrons. The standard InChI is InChI=1S/C20H20BrNO6/c1-24-15-8-6-13(21)12-5-7-14(18(12)15)22-28-20(23)11-9-16(25-2)19(27-4)17(10-11)26-3/h6,8-10H,5,7H2,1-4H3/b22-14+. The number of hydrogen-bond acceptors (Lipinski definition) is 7. The van der Waals surface area contributed by atoms with Crippen molar-refractivity contribution in [2.75, 3.05) is 28.4 Å². The van der Waals surface area contributed by atoms with E-state index in [2.05, 4.69) is 21.1 Å². The molecule has 2 aromatic carbocycles. The van der Waals surface area contributed by atoms with E-state index in [1.54, 1.807) is 7.11 Å². The van der Waals surface area contributed by atoms with E-state index in [0.717, 1.165) is 22.0 Å². The molecular weight excluding hydrogens is 430 g/mol. The summed E-state index contributed by atoms with van der Waals surface area (Å²) in [6, 6.07) is 6.82. The number of carbonyl (C=O) groups is 1. The maximum atomic E-state index is 12.5. The van der Waals surface area contributed by atoms with Crippen molar-refractivity contribution < 1.29 is 28.6 Å². The molecule has 0 bridgehead atoms. The molecule has 1 aliphatic rings. The lowest BCUT2D eigenvalue weighted by Gasteiger charge is -2.13. The van der Waals surface area contributed by atoms with Crippen LogP contribution in [0.5, 0.6) is 23.0 Å². The molecule has 7 nitrogen and oxygen atoms in total. The molecule has 0 saturated carbocycles. The van der Waals surface area contributed by atoms with Gasteiger partial charge in [-0.1, -0.05) is 21.1 Å². The second-order valence-electron chi connectivity index (χ2n) is 5.93. The van der Waals surface area contributed by atoms with E-state index in [0.29, 0.717) is 35.1 Å². The van der Waals surface area contributed by atoms with Crippen molar-refractivity contribution in [2.45, 2.75) is 12.8 Å². The zero-order valence-corrected chi connectivity index (χ0v) is 17.6. The van der Waals surface area contributed by atoms with Crippen molar-refractivity contribution in [3.63, 3.8) is 0 Å². The quantitative estimate of drug-likeness (QED) is 0.490. The van der Waals surface area contributed by atoms with Crippen LogP contribution in [0.1, 0.15) is 27.9 Å². The second kappa shape index (κ2) is 8.52. The molecule has 0 radical (unpaired) electrons. The SMILES string of the molecule is COc1cc(C(=O)O/N=C2\CCc3c(Br)ccc(OC)c32)cc(OC)c1OC. The van der Waals surface area contributed by atoms with Gasteiger partial charge in [-0.2, -0.15) is 0 Å². The van der Waals surface area contributed by atoms with E-state index in [4.69, 9.17) is 23.8 Å². The molecule has 0 fully saturated rings. The molecule has 0 N–H and O–H groups in total. The Bertz CT molecular complexity index is 916. The lowest BCUT2D eigenvalue weighted by Crippen LogP contribution is -2.06. The highest BCUT2D eigenvalue weighted by Gasteiger charge is 2.26. The number of fused-ring (bicyclic) bond motifs is 1. The van der Waals surface area contributed by atoms with Crippen LogP contribution in [0.25, 0.3) is 0 Å². The van der Waals surface area contributed by atoms with E-state index in [-0.39, 0.29) is 5.56 Å². The van der Waals surface area contributed by atoms with Crippen LogP contribution in [-0.2, 0) is 11.3 Å². The van der Waals surface area contributed by atoms with E-state index >= 15 is 0 Å². The molecule has 2 aromatic rings. The molecule has 3 rings (SSSR count). The van der Waals surface area contributed by atoms with Crippen LogP contribution in [0.4, 0.5) is 0 Å². The van der Waals surface area contributed by atoms with Gasteiger partial charge >= 0.3 is 5.97 Å². The molecule has 0 aromatic heterocycles. The average Bonchev–Trinajstić information content (AvgIpc) is 3.16. The van der Waals surface area contributed by atoms with Gasteiger partial charge in [-0.3, -0.25) is 0 Å². The van der Waals surface area contributed by atoms with Crippen LogP contribution < -0.4 is 18.9 Å². The maximum Gasteiger partial charge on any atom is 0.366 e. The Kier molecular flexibility index (Phi) is 6.08. The van der Waals surface area contributed by atoms with Gasteiger partial charge in [0, 0.05) is 10.0 Å². The summed E-state index contributed by atoms with van der Waals surface area (Å²) in [7, 11) is 6.05. The van der Waals surface area contributed by atoms with E-state index in [9.17, 15) is 4.79 Å². The molecular formula is C20H20BrNO6. The number of methoxy groups -OCH3 is 4. The Morgan fingerprint density at radius 3 is 2.14 bits per heavy atom. The molecule has 0 unspecified atom stereocenters. The van der Waals surface area contributed by atoms with Crippen LogP contribution in [0, 0.1) is 0 Å². The predicted molar refractivity (Wildman–Crippen MR) is 107 cm³/mol. The van der Waals surface area contributed by atoms with Crippen molar-refractivity contribution in [3.8, 4) is 23.0 Å². The number of halogens is 1. The number of oxime groups is 1. The second-order valence-corrected chi connectivity index (χ2v) is 6.79. The molecule has 0 heterocycles. The number of carbonyl (C=O) groups excluding carboxylic acids is 1. The summed E-state index contributed by atoms with van der Waals surface area (Å²) in [4.78, 5) is 17.8. The van der Waals surface area contributed by atoms with Gasteiger partial charge in [0.25, 0.3) is 0 Å². The fourth-order valence-electron chi connectivity index (χ4n) is 3.14. The van der Waals surface area contributed by atoms with Gasteiger partial charge in [0.2, 0.25) is 5.75 Å². The Morgan fingerprint density at radius 1 is 0.929 bits per heavy atom. The molecule has 0 amide bonds. The van der Waals surface area contributed by atoms with Crippen LogP contribution >= 0.6 is 15.9 Å². The zero-order chi connectivity index (χ0) is 20.3. The largest absolute Gasteiger partial charge is 0.496 e. The predicted octanol–water partition coefficient (Wildman–Crippen LogP) is 3.99. The third-order valence-corrected chi connectivity index (χ3v) is 5.22. The number of rotatable bonds is 6. The van der Waals surface area contributed by atoms with Gasteiger partial charge in [-0.15, -0.1) is 0 Å².